The van der Waals surface area contributed by atoms with Gasteiger partial charge in [-0.1, -0.05) is 29.8 Å². The zero-order valence-corrected chi connectivity index (χ0v) is 15.3. The van der Waals surface area contributed by atoms with Crippen molar-refractivity contribution in [1.82, 2.24) is 0 Å². The summed E-state index contributed by atoms with van der Waals surface area (Å²) in [6.07, 6.45) is 0.623. The summed E-state index contributed by atoms with van der Waals surface area (Å²) in [4.78, 5) is 33.5. The predicted molar refractivity (Wildman–Crippen MR) is 103 cm³/mol. The number of para-hydroxylation sites is 1. The van der Waals surface area contributed by atoms with E-state index in [1.165, 1.54) is 4.90 Å². The first-order valence-corrected chi connectivity index (χ1v) is 9.21. The zero-order chi connectivity index (χ0) is 19.3. The third kappa shape index (κ3) is 2.53. The molecule has 0 aliphatic carbocycles. The maximum atomic E-state index is 13.3. The minimum Gasteiger partial charge on any atom is -0.467 e. The molecular weight excluding hydrogens is 380 g/mol. The molecule has 0 saturated carbocycles. The standard InChI is InChI=1S/C21H15ClN2O4/c22-13-8-10-15(11-9-13)24-18(16-7-4-12-27-16)17-19(28-24)21(26)23(20(17)25)14-5-2-1-3-6-14/h1-12,17-19H/t17-,18+,19+/m0/s1. The Morgan fingerprint density at radius 2 is 1.57 bits per heavy atom. The average molecular weight is 395 g/mol. The number of nitrogens with zero attached hydrogens (tertiary/aromatic N) is 2. The Morgan fingerprint density at radius 3 is 2.25 bits per heavy atom. The van der Waals surface area contributed by atoms with Crippen LogP contribution in [0.15, 0.2) is 77.4 Å². The number of amides is 2. The van der Waals surface area contributed by atoms with Crippen molar-refractivity contribution >= 4 is 34.8 Å². The van der Waals surface area contributed by atoms with Gasteiger partial charge in [0.25, 0.3) is 5.91 Å². The van der Waals surface area contributed by atoms with Gasteiger partial charge in [0.15, 0.2) is 6.10 Å². The largest absolute Gasteiger partial charge is 0.467 e. The highest BCUT2D eigenvalue weighted by atomic mass is 35.5. The van der Waals surface area contributed by atoms with E-state index in [1.807, 2.05) is 6.07 Å². The molecule has 0 radical (unpaired) electrons. The predicted octanol–water partition coefficient (Wildman–Crippen LogP) is 3.98. The van der Waals surface area contributed by atoms with Gasteiger partial charge in [0.1, 0.15) is 17.7 Å². The van der Waals surface area contributed by atoms with Crippen LogP contribution in [0.25, 0.3) is 0 Å². The van der Waals surface area contributed by atoms with Crippen LogP contribution in [0.5, 0.6) is 0 Å². The van der Waals surface area contributed by atoms with Gasteiger partial charge in [-0.05, 0) is 48.5 Å². The van der Waals surface area contributed by atoms with Crippen LogP contribution in [0.2, 0.25) is 5.02 Å². The monoisotopic (exact) mass is 394 g/mol. The summed E-state index contributed by atoms with van der Waals surface area (Å²) in [6, 6.07) is 18.9. The molecule has 2 amide bonds. The molecule has 140 valence electrons. The number of hydrogen-bond acceptors (Lipinski definition) is 5. The Bertz CT molecular complexity index is 1020. The lowest BCUT2D eigenvalue weighted by molar-refractivity contribution is -0.126. The highest BCUT2D eigenvalue weighted by Crippen LogP contribution is 2.47. The molecule has 2 saturated heterocycles. The fraction of sp³-hybridized carbons (Fsp3) is 0.143. The number of halogens is 1. The molecule has 3 aromatic rings. The Hall–Kier alpha value is -3.09. The van der Waals surface area contributed by atoms with Crippen molar-refractivity contribution in [3.63, 3.8) is 0 Å². The number of hydrogen-bond donors (Lipinski definition) is 0. The van der Waals surface area contributed by atoms with Gasteiger partial charge in [0, 0.05) is 5.02 Å². The van der Waals surface area contributed by atoms with Crippen LogP contribution in [0.1, 0.15) is 11.8 Å². The first-order valence-electron chi connectivity index (χ1n) is 8.83. The lowest BCUT2D eigenvalue weighted by atomic mass is 9.94. The van der Waals surface area contributed by atoms with Gasteiger partial charge in [0.2, 0.25) is 5.91 Å². The first kappa shape index (κ1) is 17.0. The molecule has 0 unspecified atom stereocenters. The smallest absolute Gasteiger partial charge is 0.266 e. The van der Waals surface area contributed by atoms with E-state index < -0.39 is 18.1 Å². The van der Waals surface area contributed by atoms with E-state index in [2.05, 4.69) is 0 Å². The Balaban J connectivity index is 1.57. The summed E-state index contributed by atoms with van der Waals surface area (Å²) in [6.45, 7) is 0. The topological polar surface area (TPSA) is 63.0 Å². The van der Waals surface area contributed by atoms with E-state index in [0.717, 1.165) is 0 Å². The molecule has 3 heterocycles. The number of anilines is 2. The maximum absolute atomic E-state index is 13.3. The molecule has 1 aromatic heterocycles. The van der Waals surface area contributed by atoms with E-state index in [1.54, 1.807) is 72.0 Å². The van der Waals surface area contributed by atoms with E-state index in [-0.39, 0.29) is 11.8 Å². The summed E-state index contributed by atoms with van der Waals surface area (Å²) in [5.41, 5.74) is 1.22. The van der Waals surface area contributed by atoms with Gasteiger partial charge in [-0.25, -0.2) is 9.96 Å². The van der Waals surface area contributed by atoms with Gasteiger partial charge < -0.3 is 4.42 Å². The molecule has 5 rings (SSSR count). The van der Waals surface area contributed by atoms with Gasteiger partial charge in [0.05, 0.1) is 17.6 Å². The van der Waals surface area contributed by atoms with Crippen LogP contribution in [-0.4, -0.2) is 17.9 Å². The fourth-order valence-electron chi connectivity index (χ4n) is 3.81. The number of benzene rings is 2. The second kappa shape index (κ2) is 6.51. The minimum absolute atomic E-state index is 0.306. The Labute approximate surface area is 165 Å². The average Bonchev–Trinajstić information content (AvgIpc) is 3.41. The van der Waals surface area contributed by atoms with Crippen LogP contribution in [0.4, 0.5) is 11.4 Å². The van der Waals surface area contributed by atoms with Gasteiger partial charge in [-0.15, -0.1) is 0 Å². The molecule has 7 heteroatoms. The highest BCUT2D eigenvalue weighted by Gasteiger charge is 2.61. The van der Waals surface area contributed by atoms with Gasteiger partial charge in [-0.3, -0.25) is 14.4 Å². The molecule has 0 bridgehead atoms. The summed E-state index contributed by atoms with van der Waals surface area (Å²) in [5.74, 6) is -0.846. The quantitative estimate of drug-likeness (QED) is 0.629. The lowest BCUT2D eigenvalue weighted by Crippen LogP contribution is -2.37. The normalized spacial score (nSPS) is 24.1. The number of carbonyl (C=O) groups excluding carboxylic acids is 2. The second-order valence-electron chi connectivity index (χ2n) is 6.66. The van der Waals surface area contributed by atoms with Crippen molar-refractivity contribution in [1.29, 1.82) is 0 Å². The van der Waals surface area contributed by atoms with Gasteiger partial charge in [-0.2, -0.15) is 0 Å². The molecule has 0 N–H and O–H groups in total. The summed E-state index contributed by atoms with van der Waals surface area (Å²) >= 11 is 5.99. The molecule has 28 heavy (non-hydrogen) atoms. The van der Waals surface area contributed by atoms with Crippen LogP contribution in [0.3, 0.4) is 0 Å². The number of rotatable bonds is 3. The third-order valence-electron chi connectivity index (χ3n) is 5.05. The van der Waals surface area contributed by atoms with Crippen molar-refractivity contribution in [3.05, 3.63) is 83.8 Å². The SMILES string of the molecule is O=C1[C@H]2[C@@H](c3ccco3)N(c3ccc(Cl)cc3)O[C@H]2C(=O)N1c1ccccc1. The summed E-state index contributed by atoms with van der Waals surface area (Å²) < 4.78 is 5.60. The van der Waals surface area contributed by atoms with E-state index in [4.69, 9.17) is 20.9 Å². The molecule has 2 aliphatic heterocycles. The van der Waals surface area contributed by atoms with Crippen LogP contribution < -0.4 is 9.96 Å². The van der Waals surface area contributed by atoms with Crippen molar-refractivity contribution in [2.24, 2.45) is 5.92 Å². The molecule has 0 spiro atoms. The summed E-state index contributed by atoms with van der Waals surface area (Å²) in [5, 5.41) is 2.16. The zero-order valence-electron chi connectivity index (χ0n) is 14.6. The molecule has 2 aromatic carbocycles. The molecule has 3 atom stereocenters. The second-order valence-corrected chi connectivity index (χ2v) is 7.10. The number of furan rings is 1. The molecule has 2 aliphatic rings. The number of imide groups is 1. The maximum Gasteiger partial charge on any atom is 0.266 e. The first-order chi connectivity index (χ1) is 13.6. The van der Waals surface area contributed by atoms with Gasteiger partial charge >= 0.3 is 0 Å². The summed E-state index contributed by atoms with van der Waals surface area (Å²) in [7, 11) is 0. The van der Waals surface area contributed by atoms with Crippen molar-refractivity contribution < 1.29 is 18.8 Å². The minimum atomic E-state index is -0.918. The van der Waals surface area contributed by atoms with Crippen molar-refractivity contribution in [2.75, 3.05) is 9.96 Å². The highest BCUT2D eigenvalue weighted by molar-refractivity contribution is 6.30. The fourth-order valence-corrected chi connectivity index (χ4v) is 3.93. The lowest BCUT2D eigenvalue weighted by Gasteiger charge is -2.27. The molecular formula is C21H15ClN2O4. The Morgan fingerprint density at radius 1 is 0.821 bits per heavy atom. The van der Waals surface area contributed by atoms with E-state index >= 15 is 0 Å². The van der Waals surface area contributed by atoms with Crippen LogP contribution in [0, 0.1) is 5.92 Å². The van der Waals surface area contributed by atoms with E-state index in [9.17, 15) is 9.59 Å². The Kier molecular flexibility index (Phi) is 3.96. The van der Waals surface area contributed by atoms with Crippen LogP contribution >= 0.6 is 11.6 Å². The molecule has 2 fully saturated rings. The molecule has 6 nitrogen and oxygen atoms in total. The van der Waals surface area contributed by atoms with Crippen molar-refractivity contribution in [3.8, 4) is 0 Å². The van der Waals surface area contributed by atoms with Crippen LogP contribution in [-0.2, 0) is 14.4 Å². The van der Waals surface area contributed by atoms with Crippen molar-refractivity contribution in [2.45, 2.75) is 12.1 Å². The number of hydroxylamine groups is 1. The third-order valence-corrected chi connectivity index (χ3v) is 5.30. The number of carbonyl (C=O) groups is 2. The van der Waals surface area contributed by atoms with E-state index in [0.29, 0.717) is 22.2 Å². The number of fused-ring (bicyclic) bond motifs is 1.